The molecule has 0 fully saturated rings. The number of aliphatic imine (C=N–C) groups is 1. The fraction of sp³-hybridized carbons (Fsp3) is 0.417. The Morgan fingerprint density at radius 3 is 3.00 bits per heavy atom. The number of nitrogens with zero attached hydrogens (tertiary/aromatic N) is 1. The van der Waals surface area contributed by atoms with Crippen LogP contribution in [-0.2, 0) is 6.54 Å². The van der Waals surface area contributed by atoms with Crippen LogP contribution in [0.25, 0.3) is 0 Å². The van der Waals surface area contributed by atoms with Crippen molar-refractivity contribution >= 4 is 16.9 Å². The highest BCUT2D eigenvalue weighted by Gasteiger charge is 2.17. The normalized spacial score (nSPS) is 19.6. The average molecular weight is 238 g/mol. The molecule has 0 amide bonds. The monoisotopic (exact) mass is 238 g/mol. The molecule has 1 aromatic carbocycles. The Kier molecular flexibility index (Phi) is 3.83. The quantitative estimate of drug-likeness (QED) is 0.875. The van der Waals surface area contributed by atoms with E-state index in [1.807, 2.05) is 6.07 Å². The molecule has 1 aromatic rings. The van der Waals surface area contributed by atoms with Crippen molar-refractivity contribution in [3.05, 3.63) is 35.6 Å². The third-order valence-electron chi connectivity index (χ3n) is 2.56. The van der Waals surface area contributed by atoms with Crippen molar-refractivity contribution in [3.63, 3.8) is 0 Å². The Bertz CT molecular complexity index is 392. The van der Waals surface area contributed by atoms with E-state index in [4.69, 9.17) is 0 Å². The minimum atomic E-state index is -0.161. The Hall–Kier alpha value is -1.03. The summed E-state index contributed by atoms with van der Waals surface area (Å²) >= 11 is 1.75. The minimum absolute atomic E-state index is 0.161. The second-order valence-electron chi connectivity index (χ2n) is 3.74. The Morgan fingerprint density at radius 2 is 2.31 bits per heavy atom. The minimum Gasteiger partial charge on any atom is -0.361 e. The number of thioether (sulfide) groups is 1. The van der Waals surface area contributed by atoms with Crippen LogP contribution in [0.3, 0.4) is 0 Å². The molecular formula is C12H15FN2S. The molecule has 0 radical (unpaired) electrons. The molecule has 0 saturated heterocycles. The van der Waals surface area contributed by atoms with Crippen LogP contribution in [0.4, 0.5) is 4.39 Å². The molecule has 2 nitrogen and oxygen atoms in total. The lowest BCUT2D eigenvalue weighted by molar-refractivity contribution is 0.606. The van der Waals surface area contributed by atoms with Gasteiger partial charge in [0.15, 0.2) is 5.17 Å². The van der Waals surface area contributed by atoms with Crippen molar-refractivity contribution < 1.29 is 4.39 Å². The summed E-state index contributed by atoms with van der Waals surface area (Å²) in [4.78, 5) is 4.38. The third kappa shape index (κ3) is 2.76. The van der Waals surface area contributed by atoms with E-state index in [1.165, 1.54) is 6.07 Å². The van der Waals surface area contributed by atoms with Crippen LogP contribution >= 0.6 is 11.8 Å². The topological polar surface area (TPSA) is 24.4 Å². The number of hydrogen-bond acceptors (Lipinski definition) is 3. The van der Waals surface area contributed by atoms with E-state index in [9.17, 15) is 4.39 Å². The number of halogens is 1. The maximum atomic E-state index is 13.3. The predicted octanol–water partition coefficient (Wildman–Crippen LogP) is 2.80. The summed E-state index contributed by atoms with van der Waals surface area (Å²) in [6.45, 7) is 3.54. The van der Waals surface area contributed by atoms with Gasteiger partial charge in [0, 0.05) is 17.4 Å². The molecule has 0 aromatic heterocycles. The van der Waals surface area contributed by atoms with Crippen LogP contribution in [0.2, 0.25) is 0 Å². The van der Waals surface area contributed by atoms with Gasteiger partial charge in [-0.25, -0.2) is 4.39 Å². The predicted molar refractivity (Wildman–Crippen MR) is 67.2 cm³/mol. The zero-order chi connectivity index (χ0) is 11.4. The molecule has 0 saturated carbocycles. The lowest BCUT2D eigenvalue weighted by atomic mass is 10.2. The van der Waals surface area contributed by atoms with Gasteiger partial charge in [0.25, 0.3) is 0 Å². The van der Waals surface area contributed by atoms with Gasteiger partial charge in [-0.1, -0.05) is 36.9 Å². The van der Waals surface area contributed by atoms with E-state index in [0.717, 1.165) is 18.1 Å². The first-order valence-electron chi connectivity index (χ1n) is 5.48. The molecule has 4 heteroatoms. The largest absolute Gasteiger partial charge is 0.361 e. The molecule has 1 heterocycles. The Labute approximate surface area is 99.3 Å². The Balaban J connectivity index is 1.87. The molecule has 2 rings (SSSR count). The number of benzene rings is 1. The van der Waals surface area contributed by atoms with Gasteiger partial charge < -0.3 is 5.32 Å². The smallest absolute Gasteiger partial charge is 0.157 e. The zero-order valence-electron chi connectivity index (χ0n) is 9.24. The Morgan fingerprint density at radius 1 is 1.50 bits per heavy atom. The first-order chi connectivity index (χ1) is 7.79. The van der Waals surface area contributed by atoms with Gasteiger partial charge in [0.05, 0.1) is 6.54 Å². The van der Waals surface area contributed by atoms with Crippen molar-refractivity contribution in [2.24, 2.45) is 4.99 Å². The summed E-state index contributed by atoms with van der Waals surface area (Å²) in [7, 11) is 0. The van der Waals surface area contributed by atoms with Gasteiger partial charge in [-0.2, -0.15) is 0 Å². The first kappa shape index (κ1) is 11.5. The van der Waals surface area contributed by atoms with Gasteiger partial charge in [0.2, 0.25) is 0 Å². The van der Waals surface area contributed by atoms with Gasteiger partial charge in [-0.05, 0) is 12.5 Å². The molecule has 1 N–H and O–H groups in total. The molecule has 86 valence electrons. The molecule has 16 heavy (non-hydrogen) atoms. The molecule has 1 aliphatic heterocycles. The highest BCUT2D eigenvalue weighted by molar-refractivity contribution is 8.14. The summed E-state index contributed by atoms with van der Waals surface area (Å²) in [6, 6.07) is 6.82. The van der Waals surface area contributed by atoms with Crippen LogP contribution in [-0.4, -0.2) is 17.0 Å². The van der Waals surface area contributed by atoms with Gasteiger partial charge >= 0.3 is 0 Å². The highest BCUT2D eigenvalue weighted by Crippen LogP contribution is 2.22. The summed E-state index contributed by atoms with van der Waals surface area (Å²) in [5.41, 5.74) is 0.686. The number of hydrogen-bond donors (Lipinski definition) is 1. The van der Waals surface area contributed by atoms with Crippen LogP contribution in [0.1, 0.15) is 18.9 Å². The second kappa shape index (κ2) is 5.34. The molecule has 1 unspecified atom stereocenters. The van der Waals surface area contributed by atoms with E-state index in [2.05, 4.69) is 17.2 Å². The first-order valence-corrected chi connectivity index (χ1v) is 6.36. The van der Waals surface area contributed by atoms with E-state index in [-0.39, 0.29) is 5.82 Å². The molecule has 1 aliphatic rings. The second-order valence-corrected chi connectivity index (χ2v) is 5.03. The number of nitrogens with one attached hydrogen (secondary N) is 1. The van der Waals surface area contributed by atoms with Gasteiger partial charge in [0.1, 0.15) is 5.82 Å². The van der Waals surface area contributed by atoms with Crippen LogP contribution in [0.5, 0.6) is 0 Å². The molecule has 1 atom stereocenters. The lowest BCUT2D eigenvalue weighted by Crippen LogP contribution is -2.19. The summed E-state index contributed by atoms with van der Waals surface area (Å²) in [5, 5.41) is 4.70. The number of amidine groups is 1. The fourth-order valence-electron chi connectivity index (χ4n) is 1.54. The van der Waals surface area contributed by atoms with E-state index in [0.29, 0.717) is 17.4 Å². The van der Waals surface area contributed by atoms with Crippen LogP contribution in [0.15, 0.2) is 29.3 Å². The van der Waals surface area contributed by atoms with Gasteiger partial charge in [-0.3, -0.25) is 4.99 Å². The van der Waals surface area contributed by atoms with Crippen molar-refractivity contribution in [2.45, 2.75) is 25.1 Å². The van der Waals surface area contributed by atoms with Crippen LogP contribution < -0.4 is 5.32 Å². The van der Waals surface area contributed by atoms with Crippen molar-refractivity contribution in [3.8, 4) is 0 Å². The maximum Gasteiger partial charge on any atom is 0.157 e. The summed E-state index contributed by atoms with van der Waals surface area (Å²) in [5.74, 6) is -0.161. The molecular weight excluding hydrogens is 223 g/mol. The van der Waals surface area contributed by atoms with E-state index < -0.39 is 0 Å². The molecule has 0 spiro atoms. The SMILES string of the molecule is CCC1CN=C(NCc2ccccc2F)S1. The standard InChI is InChI=1S/C12H15FN2S/c1-2-10-8-15-12(16-10)14-7-9-5-3-4-6-11(9)13/h3-6,10H,2,7-8H2,1H3,(H,14,15). The van der Waals surface area contributed by atoms with E-state index in [1.54, 1.807) is 23.9 Å². The fourth-order valence-corrected chi connectivity index (χ4v) is 2.48. The van der Waals surface area contributed by atoms with Crippen molar-refractivity contribution in [1.29, 1.82) is 0 Å². The maximum absolute atomic E-state index is 13.3. The lowest BCUT2D eigenvalue weighted by Gasteiger charge is -2.07. The van der Waals surface area contributed by atoms with E-state index >= 15 is 0 Å². The van der Waals surface area contributed by atoms with Crippen molar-refractivity contribution in [2.75, 3.05) is 6.54 Å². The number of rotatable bonds is 3. The third-order valence-corrected chi connectivity index (χ3v) is 3.87. The summed E-state index contributed by atoms with van der Waals surface area (Å²) in [6.07, 6.45) is 1.12. The van der Waals surface area contributed by atoms with Gasteiger partial charge in [-0.15, -0.1) is 0 Å². The average Bonchev–Trinajstić information content (AvgIpc) is 2.76. The molecule has 0 bridgehead atoms. The zero-order valence-corrected chi connectivity index (χ0v) is 10.1. The molecule has 0 aliphatic carbocycles. The van der Waals surface area contributed by atoms with Crippen LogP contribution in [0, 0.1) is 5.82 Å². The highest BCUT2D eigenvalue weighted by atomic mass is 32.2. The van der Waals surface area contributed by atoms with Crippen molar-refractivity contribution in [1.82, 2.24) is 5.32 Å². The summed E-state index contributed by atoms with van der Waals surface area (Å²) < 4.78 is 13.3.